The topological polar surface area (TPSA) is 55.8 Å². The lowest BCUT2D eigenvalue weighted by Gasteiger charge is -2.18. The Balaban J connectivity index is 0.000000257. The van der Waals surface area contributed by atoms with Crippen LogP contribution in [0.1, 0.15) is 41.4 Å². The minimum atomic E-state index is -1.71. The van der Waals surface area contributed by atoms with Gasteiger partial charge in [-0.3, -0.25) is 4.79 Å². The van der Waals surface area contributed by atoms with Crippen molar-refractivity contribution in [1.82, 2.24) is 0 Å². The summed E-state index contributed by atoms with van der Waals surface area (Å²) >= 11 is 12.2. The first-order valence-electron chi connectivity index (χ1n) is 12.4. The van der Waals surface area contributed by atoms with Crippen LogP contribution in [0.4, 0.5) is 26.3 Å². The predicted octanol–water partition coefficient (Wildman–Crippen LogP) is 10.6. The monoisotopic (exact) mass is 876 g/mol. The van der Waals surface area contributed by atoms with E-state index in [1.807, 2.05) is 6.92 Å². The number of hydrogen-bond acceptors (Lipinski definition) is 4. The van der Waals surface area contributed by atoms with Gasteiger partial charge in [-0.15, -0.1) is 0 Å². The molecule has 0 aliphatic carbocycles. The fourth-order valence-electron chi connectivity index (χ4n) is 3.40. The molecule has 4 rings (SSSR count). The van der Waals surface area contributed by atoms with Gasteiger partial charge in [0.15, 0.2) is 52.7 Å². The SMILES string of the molecule is CCOc1ccc(Br)c(C(O)c2c(Br)ccc(F)c2F)c1F.CCOc1ccc(Br)cc1F.O=Cc1c(Br)ccc(F)c1F. The van der Waals surface area contributed by atoms with Crippen LogP contribution in [0.3, 0.4) is 0 Å². The highest BCUT2D eigenvalue weighted by Crippen LogP contribution is 2.39. The fourth-order valence-corrected chi connectivity index (χ4v) is 5.18. The van der Waals surface area contributed by atoms with E-state index in [0.29, 0.717) is 12.4 Å². The number of benzene rings is 4. The molecule has 0 fully saturated rings. The summed E-state index contributed by atoms with van der Waals surface area (Å²) in [7, 11) is 0. The van der Waals surface area contributed by atoms with E-state index in [2.05, 4.69) is 63.7 Å². The van der Waals surface area contributed by atoms with E-state index >= 15 is 0 Å². The lowest BCUT2D eigenvalue weighted by atomic mass is 10.00. The molecular weight excluding hydrogens is 858 g/mol. The molecule has 1 unspecified atom stereocenters. The molecule has 44 heavy (non-hydrogen) atoms. The van der Waals surface area contributed by atoms with Gasteiger partial charge < -0.3 is 14.6 Å². The van der Waals surface area contributed by atoms with Crippen molar-refractivity contribution in [3.8, 4) is 11.5 Å². The van der Waals surface area contributed by atoms with E-state index in [9.17, 15) is 36.2 Å². The van der Waals surface area contributed by atoms with Gasteiger partial charge in [0.25, 0.3) is 0 Å². The molecule has 0 spiro atoms. The Bertz CT molecular complexity index is 1610. The van der Waals surface area contributed by atoms with Gasteiger partial charge in [-0.1, -0.05) is 47.8 Å². The molecule has 0 aromatic heterocycles. The highest BCUT2D eigenvalue weighted by Gasteiger charge is 2.27. The average molecular weight is 880 g/mol. The molecule has 4 aromatic carbocycles. The molecule has 1 N–H and O–H groups in total. The standard InChI is InChI=1S/C15H11Br2F3O2.C8H8BrFO.C7H3BrF2O/c1-2-22-10-6-4-8(17)12(14(10)20)15(21)11-7(16)3-5-9(18)13(11)19;1-2-11-8-4-3-6(9)5-7(8)10;8-5-1-2-6(9)7(10)4(5)3-11/h3-6,15,21H,2H2,1H3;3-5H,2H2,1H3;1-3H. The molecule has 0 bridgehead atoms. The van der Waals surface area contributed by atoms with Crippen molar-refractivity contribution >= 4 is 70.0 Å². The molecule has 4 aromatic rings. The molecule has 0 aliphatic heterocycles. The zero-order valence-electron chi connectivity index (χ0n) is 22.7. The molecule has 0 aliphatic rings. The number of carbonyl (C=O) groups excluding carboxylic acids is 1. The van der Waals surface area contributed by atoms with Crippen LogP contribution in [0.25, 0.3) is 0 Å². The van der Waals surface area contributed by atoms with Crippen LogP contribution in [-0.2, 0) is 0 Å². The Hall–Kier alpha value is -2.39. The van der Waals surface area contributed by atoms with E-state index in [1.165, 1.54) is 30.3 Å². The Kier molecular flexibility index (Phi) is 15.4. The summed E-state index contributed by atoms with van der Waals surface area (Å²) in [6.07, 6.45) is -1.44. The van der Waals surface area contributed by atoms with Crippen molar-refractivity contribution in [2.45, 2.75) is 20.0 Å². The maximum absolute atomic E-state index is 14.5. The van der Waals surface area contributed by atoms with Crippen molar-refractivity contribution in [2.24, 2.45) is 0 Å². The lowest BCUT2D eigenvalue weighted by Crippen LogP contribution is -2.10. The number of aliphatic hydroxyl groups is 1. The highest BCUT2D eigenvalue weighted by molar-refractivity contribution is 9.11. The third kappa shape index (κ3) is 9.80. The molecule has 0 radical (unpaired) electrons. The number of hydrogen-bond donors (Lipinski definition) is 1. The third-order valence-corrected chi connectivity index (χ3v) is 7.98. The van der Waals surface area contributed by atoms with E-state index in [1.54, 1.807) is 19.1 Å². The summed E-state index contributed by atoms with van der Waals surface area (Å²) in [6, 6.07) is 12.0. The molecule has 4 nitrogen and oxygen atoms in total. The van der Waals surface area contributed by atoms with Crippen molar-refractivity contribution in [3.05, 3.63) is 124 Å². The van der Waals surface area contributed by atoms with Gasteiger partial charge in [0.1, 0.15) is 6.10 Å². The van der Waals surface area contributed by atoms with Crippen LogP contribution in [0, 0.1) is 34.9 Å². The second kappa shape index (κ2) is 17.9. The maximum atomic E-state index is 14.5. The Morgan fingerprint density at radius 3 is 1.66 bits per heavy atom. The number of carbonyl (C=O) groups is 1. The van der Waals surface area contributed by atoms with Crippen LogP contribution in [-0.4, -0.2) is 24.6 Å². The lowest BCUT2D eigenvalue weighted by molar-refractivity contribution is 0.111. The summed E-state index contributed by atoms with van der Waals surface area (Å²) < 4.78 is 91.2. The minimum Gasteiger partial charge on any atom is -0.491 e. The number of ether oxygens (including phenoxy) is 2. The molecular formula is C30H22Br4F6O4. The molecule has 14 heteroatoms. The van der Waals surface area contributed by atoms with Gasteiger partial charge in [0.2, 0.25) is 0 Å². The number of halogens is 10. The molecule has 0 saturated heterocycles. The van der Waals surface area contributed by atoms with Gasteiger partial charge in [-0.2, -0.15) is 0 Å². The van der Waals surface area contributed by atoms with Crippen molar-refractivity contribution in [2.75, 3.05) is 13.2 Å². The molecule has 0 heterocycles. The van der Waals surface area contributed by atoms with E-state index < -0.39 is 35.2 Å². The minimum absolute atomic E-state index is 0.0762. The largest absolute Gasteiger partial charge is 0.491 e. The first kappa shape index (κ1) is 37.8. The average Bonchev–Trinajstić information content (AvgIpc) is 2.97. The van der Waals surface area contributed by atoms with E-state index in [0.717, 1.165) is 16.6 Å². The summed E-state index contributed by atoms with van der Waals surface area (Å²) in [4.78, 5) is 10.2. The highest BCUT2D eigenvalue weighted by atomic mass is 79.9. The van der Waals surface area contributed by atoms with Crippen LogP contribution < -0.4 is 9.47 Å². The number of rotatable bonds is 7. The quantitative estimate of drug-likeness (QED) is 0.114. The van der Waals surface area contributed by atoms with Gasteiger partial charge in [-0.05, 0) is 84.4 Å². The maximum Gasteiger partial charge on any atom is 0.172 e. The van der Waals surface area contributed by atoms with Crippen molar-refractivity contribution in [1.29, 1.82) is 0 Å². The van der Waals surface area contributed by atoms with Crippen LogP contribution in [0.5, 0.6) is 11.5 Å². The molecule has 0 saturated carbocycles. The summed E-state index contributed by atoms with van der Waals surface area (Å²) in [5.74, 6) is -5.45. The van der Waals surface area contributed by atoms with Crippen molar-refractivity contribution in [3.63, 3.8) is 0 Å². The van der Waals surface area contributed by atoms with Gasteiger partial charge in [0, 0.05) is 29.0 Å². The van der Waals surface area contributed by atoms with E-state index in [4.69, 9.17) is 9.47 Å². The summed E-state index contributed by atoms with van der Waals surface area (Å²) in [5, 5.41) is 10.4. The van der Waals surface area contributed by atoms with Crippen LogP contribution in [0.2, 0.25) is 0 Å². The first-order valence-corrected chi connectivity index (χ1v) is 15.5. The van der Waals surface area contributed by atoms with Crippen molar-refractivity contribution < 1.29 is 45.7 Å². The zero-order chi connectivity index (χ0) is 33.1. The van der Waals surface area contributed by atoms with Crippen LogP contribution in [0.15, 0.2) is 72.5 Å². The third-order valence-electron chi connectivity index (χ3n) is 5.41. The van der Waals surface area contributed by atoms with Gasteiger partial charge in [-0.25, -0.2) is 26.3 Å². The van der Waals surface area contributed by atoms with Gasteiger partial charge in [0.05, 0.1) is 18.8 Å². The molecule has 0 amide bonds. The zero-order valence-corrected chi connectivity index (χ0v) is 29.1. The normalized spacial score (nSPS) is 11.0. The first-order chi connectivity index (χ1) is 20.8. The van der Waals surface area contributed by atoms with Gasteiger partial charge >= 0.3 is 0 Å². The Morgan fingerprint density at radius 1 is 0.659 bits per heavy atom. The fraction of sp³-hybridized carbons (Fsp3) is 0.167. The molecule has 1 atom stereocenters. The number of aldehydes is 1. The Labute approximate surface area is 282 Å². The Morgan fingerprint density at radius 2 is 1.14 bits per heavy atom. The van der Waals surface area contributed by atoms with E-state index in [-0.39, 0.29) is 54.6 Å². The van der Waals surface area contributed by atoms with Crippen LogP contribution >= 0.6 is 63.7 Å². The molecule has 236 valence electrons. The number of aliphatic hydroxyl groups excluding tert-OH is 1. The summed E-state index contributed by atoms with van der Waals surface area (Å²) in [5.41, 5.74) is -0.894. The second-order valence-electron chi connectivity index (χ2n) is 8.25. The summed E-state index contributed by atoms with van der Waals surface area (Å²) in [6.45, 7) is 4.21. The smallest absolute Gasteiger partial charge is 0.172 e. The second-order valence-corrected chi connectivity index (χ2v) is 11.7. The predicted molar refractivity (Wildman–Crippen MR) is 168 cm³/mol.